The molecule has 0 aromatic rings. The fourth-order valence-electron chi connectivity index (χ4n) is 2.59. The zero-order valence-corrected chi connectivity index (χ0v) is 12.5. The molecule has 1 saturated heterocycles. The Kier molecular flexibility index (Phi) is 3.64. The third-order valence-electron chi connectivity index (χ3n) is 3.70. The molecule has 4 atom stereocenters. The molecule has 3 nitrogen and oxygen atoms in total. The molecule has 0 spiro atoms. The van der Waals surface area contributed by atoms with Gasteiger partial charge in [0.15, 0.2) is 0 Å². The van der Waals surface area contributed by atoms with Gasteiger partial charge < -0.3 is 4.90 Å². The number of nitrogens with zero attached hydrogens (tertiary/aromatic N) is 2. The lowest BCUT2D eigenvalue weighted by Gasteiger charge is -2.27. The van der Waals surface area contributed by atoms with Crippen molar-refractivity contribution in [1.29, 1.82) is 5.26 Å². The molecule has 0 aromatic heterocycles. The van der Waals surface area contributed by atoms with Crippen LogP contribution in [0.2, 0.25) is 0 Å². The third-order valence-corrected chi connectivity index (χ3v) is 5.23. The van der Waals surface area contributed by atoms with E-state index in [2.05, 4.69) is 26.8 Å². The van der Waals surface area contributed by atoms with Gasteiger partial charge >= 0.3 is 0 Å². The number of amides is 1. The number of likely N-dealkylation sites (tertiary alicyclic amines) is 1. The number of hydrogen-bond acceptors (Lipinski definition) is 3. The number of carbonyl (C=O) groups excluding carboxylic acids is 1. The van der Waals surface area contributed by atoms with Gasteiger partial charge in [-0.3, -0.25) is 4.79 Å². The maximum Gasteiger partial charge on any atom is 0.227 e. The molecule has 0 N–H and O–H groups in total. The number of thioether (sulfide) groups is 1. The molecule has 2 fully saturated rings. The van der Waals surface area contributed by atoms with Gasteiger partial charge in [-0.1, -0.05) is 27.7 Å². The van der Waals surface area contributed by atoms with Crippen LogP contribution in [0.1, 0.15) is 40.5 Å². The summed E-state index contributed by atoms with van der Waals surface area (Å²) < 4.78 is 0.191. The van der Waals surface area contributed by atoms with E-state index in [1.807, 2.05) is 23.6 Å². The van der Waals surface area contributed by atoms with Crippen LogP contribution in [0.4, 0.5) is 0 Å². The van der Waals surface area contributed by atoms with Crippen LogP contribution in [0.15, 0.2) is 0 Å². The lowest BCUT2D eigenvalue weighted by molar-refractivity contribution is -0.135. The summed E-state index contributed by atoms with van der Waals surface area (Å²) in [6.07, 6.45) is 2.01. The topological polar surface area (TPSA) is 44.1 Å². The van der Waals surface area contributed by atoms with Crippen molar-refractivity contribution in [3.05, 3.63) is 0 Å². The summed E-state index contributed by atoms with van der Waals surface area (Å²) in [6.45, 7) is 8.49. The molecule has 1 amide bonds. The number of fused-ring (bicyclic) bond motifs is 1. The van der Waals surface area contributed by atoms with Crippen molar-refractivity contribution in [3.8, 4) is 6.07 Å². The van der Waals surface area contributed by atoms with E-state index in [0.29, 0.717) is 12.0 Å². The van der Waals surface area contributed by atoms with E-state index in [-0.39, 0.29) is 22.6 Å². The molecule has 2 aliphatic rings. The van der Waals surface area contributed by atoms with Crippen molar-refractivity contribution in [1.82, 2.24) is 4.90 Å². The van der Waals surface area contributed by atoms with E-state index >= 15 is 0 Å². The molecule has 0 aromatic carbocycles. The molecule has 1 aliphatic heterocycles. The summed E-state index contributed by atoms with van der Waals surface area (Å²) in [5.74, 6) is 1.66. The Hall–Kier alpha value is -0.690. The summed E-state index contributed by atoms with van der Waals surface area (Å²) in [4.78, 5) is 14.3. The second-order valence-electron chi connectivity index (χ2n) is 6.51. The van der Waals surface area contributed by atoms with Gasteiger partial charge in [0.25, 0.3) is 0 Å². The van der Waals surface area contributed by atoms with Gasteiger partial charge in [-0.15, -0.1) is 0 Å². The molecular weight excluding hydrogens is 244 g/mol. The first-order chi connectivity index (χ1) is 8.33. The maximum absolute atomic E-state index is 12.4. The van der Waals surface area contributed by atoms with Gasteiger partial charge in [0.2, 0.25) is 5.91 Å². The predicted molar refractivity (Wildman–Crippen MR) is 74.1 cm³/mol. The van der Waals surface area contributed by atoms with Crippen molar-refractivity contribution >= 4 is 17.7 Å². The zero-order valence-electron chi connectivity index (χ0n) is 11.6. The van der Waals surface area contributed by atoms with Crippen LogP contribution >= 0.6 is 11.8 Å². The van der Waals surface area contributed by atoms with Crippen LogP contribution in [-0.4, -0.2) is 33.4 Å². The molecule has 4 unspecified atom stereocenters. The lowest BCUT2D eigenvalue weighted by atomic mass is 10.1. The van der Waals surface area contributed by atoms with Crippen LogP contribution < -0.4 is 0 Å². The maximum atomic E-state index is 12.4. The highest BCUT2D eigenvalue weighted by atomic mass is 32.2. The van der Waals surface area contributed by atoms with Crippen LogP contribution in [0.5, 0.6) is 0 Å². The Labute approximate surface area is 114 Å². The molecule has 2 rings (SSSR count). The van der Waals surface area contributed by atoms with Gasteiger partial charge in [0, 0.05) is 22.5 Å². The summed E-state index contributed by atoms with van der Waals surface area (Å²) in [7, 11) is 0. The highest BCUT2D eigenvalue weighted by Gasteiger charge is 2.54. The first-order valence-electron chi connectivity index (χ1n) is 6.69. The number of hydrogen-bond donors (Lipinski definition) is 0. The average molecular weight is 266 g/mol. The molecule has 1 aliphatic carbocycles. The zero-order chi connectivity index (χ0) is 13.5. The summed E-state index contributed by atoms with van der Waals surface area (Å²) in [5.41, 5.74) is 0. The normalized spacial score (nSPS) is 31.7. The standard InChI is InChI=1S/C14H22N2OS/c1-9(8-18-14(2,3)4)13(17)16-11(7-15)5-10-6-12(10)16/h9-12H,5-6,8H2,1-4H3. The van der Waals surface area contributed by atoms with E-state index in [1.54, 1.807) is 0 Å². The van der Waals surface area contributed by atoms with Crippen LogP contribution in [0.3, 0.4) is 0 Å². The number of carbonyl (C=O) groups is 1. The Morgan fingerprint density at radius 3 is 2.72 bits per heavy atom. The summed E-state index contributed by atoms with van der Waals surface area (Å²) in [5, 5.41) is 9.12. The minimum atomic E-state index is -0.164. The monoisotopic (exact) mass is 266 g/mol. The first-order valence-corrected chi connectivity index (χ1v) is 7.68. The highest BCUT2D eigenvalue weighted by Crippen LogP contribution is 2.48. The molecule has 1 heterocycles. The minimum Gasteiger partial charge on any atom is -0.323 e. The SMILES string of the molecule is CC(CSC(C)(C)C)C(=O)N1C(C#N)CC2CC21. The number of rotatable bonds is 3. The quantitative estimate of drug-likeness (QED) is 0.789. The molecule has 4 heteroatoms. The van der Waals surface area contributed by atoms with Gasteiger partial charge in [-0.05, 0) is 18.8 Å². The van der Waals surface area contributed by atoms with Crippen molar-refractivity contribution in [3.63, 3.8) is 0 Å². The number of piperidine rings is 1. The fraction of sp³-hybridized carbons (Fsp3) is 0.857. The molecular formula is C14H22N2OS. The predicted octanol–water partition coefficient (Wildman–Crippen LogP) is 2.67. The Balaban J connectivity index is 1.92. The van der Waals surface area contributed by atoms with Crippen LogP contribution in [0.25, 0.3) is 0 Å². The van der Waals surface area contributed by atoms with Crippen LogP contribution in [0, 0.1) is 23.2 Å². The van der Waals surface area contributed by atoms with E-state index in [0.717, 1.165) is 18.6 Å². The van der Waals surface area contributed by atoms with Crippen molar-refractivity contribution in [2.75, 3.05) is 5.75 Å². The van der Waals surface area contributed by atoms with Gasteiger partial charge in [0.05, 0.1) is 6.07 Å². The fourth-order valence-corrected chi connectivity index (χ4v) is 3.48. The Morgan fingerprint density at radius 2 is 2.17 bits per heavy atom. The molecule has 0 bridgehead atoms. The Morgan fingerprint density at radius 1 is 1.50 bits per heavy atom. The molecule has 1 saturated carbocycles. The molecule has 18 heavy (non-hydrogen) atoms. The molecule has 100 valence electrons. The van der Waals surface area contributed by atoms with Crippen molar-refractivity contribution in [2.24, 2.45) is 11.8 Å². The Bertz CT molecular complexity index is 382. The van der Waals surface area contributed by atoms with E-state index in [9.17, 15) is 4.79 Å². The third kappa shape index (κ3) is 2.83. The second-order valence-corrected chi connectivity index (χ2v) is 8.36. The van der Waals surface area contributed by atoms with Gasteiger partial charge in [-0.25, -0.2) is 0 Å². The number of nitriles is 1. The minimum absolute atomic E-state index is 0.0180. The van der Waals surface area contributed by atoms with Gasteiger partial charge in [-0.2, -0.15) is 17.0 Å². The van der Waals surface area contributed by atoms with E-state index < -0.39 is 0 Å². The van der Waals surface area contributed by atoms with Crippen molar-refractivity contribution < 1.29 is 4.79 Å². The van der Waals surface area contributed by atoms with E-state index in [4.69, 9.17) is 5.26 Å². The van der Waals surface area contributed by atoms with Gasteiger partial charge in [0.1, 0.15) is 6.04 Å². The largest absolute Gasteiger partial charge is 0.323 e. The first kappa shape index (κ1) is 13.7. The van der Waals surface area contributed by atoms with Crippen molar-refractivity contribution in [2.45, 2.75) is 57.4 Å². The van der Waals surface area contributed by atoms with E-state index in [1.165, 1.54) is 0 Å². The second kappa shape index (κ2) is 4.77. The molecule has 0 radical (unpaired) electrons. The lowest BCUT2D eigenvalue weighted by Crippen LogP contribution is -2.41. The summed E-state index contributed by atoms with van der Waals surface area (Å²) >= 11 is 1.82. The average Bonchev–Trinajstić information content (AvgIpc) is 2.95. The highest BCUT2D eigenvalue weighted by molar-refractivity contribution is 8.00. The smallest absolute Gasteiger partial charge is 0.227 e. The summed E-state index contributed by atoms with van der Waals surface area (Å²) in [6, 6.07) is 2.50. The van der Waals surface area contributed by atoms with Crippen LogP contribution in [-0.2, 0) is 4.79 Å².